The van der Waals surface area contributed by atoms with Crippen LogP contribution in [0.1, 0.15) is 37.8 Å². The van der Waals surface area contributed by atoms with Crippen molar-refractivity contribution in [3.63, 3.8) is 0 Å². The average molecular weight is 361 g/mol. The van der Waals surface area contributed by atoms with Crippen LogP contribution < -0.4 is 27.7 Å². The highest BCUT2D eigenvalue weighted by Crippen LogP contribution is 2.40. The van der Waals surface area contributed by atoms with Crippen LogP contribution in [0.15, 0.2) is 15.7 Å². The molecule has 1 aromatic heterocycles. The van der Waals surface area contributed by atoms with Crippen LogP contribution in [-0.2, 0) is 0 Å². The second kappa shape index (κ2) is 5.57. The van der Waals surface area contributed by atoms with Crippen LogP contribution in [0.3, 0.4) is 0 Å². The number of nitrogen functional groups attached to an aromatic ring is 1. The first-order valence-corrected chi connectivity index (χ1v) is 8.98. The SMILES string of the molecule is Cc1c(N2CCC(C)(CN)C2)c(F)cc2c(=O)n(N)c(=O)n(C3CC3)c12. The number of fused-ring (bicyclic) bond motifs is 1. The van der Waals surface area contributed by atoms with Gasteiger partial charge in [0.15, 0.2) is 0 Å². The molecule has 4 rings (SSSR count). The molecule has 0 bridgehead atoms. The van der Waals surface area contributed by atoms with Gasteiger partial charge in [-0.05, 0) is 44.2 Å². The molecule has 2 aromatic rings. The fraction of sp³-hybridized carbons (Fsp3) is 0.556. The van der Waals surface area contributed by atoms with Crippen LogP contribution in [0.5, 0.6) is 0 Å². The Bertz CT molecular complexity index is 1020. The van der Waals surface area contributed by atoms with Gasteiger partial charge in [0.2, 0.25) is 0 Å². The standard InChI is InChI=1S/C18H24FN5O2/c1-10-14-12(16(25)24(21)17(26)23(14)11-3-4-11)7-13(19)15(10)22-6-5-18(2,8-20)9-22/h7,11H,3-6,8-9,20-21H2,1-2H3. The Morgan fingerprint density at radius 1 is 1.35 bits per heavy atom. The molecule has 26 heavy (non-hydrogen) atoms. The van der Waals surface area contributed by atoms with Gasteiger partial charge in [-0.1, -0.05) is 6.92 Å². The topological polar surface area (TPSA) is 99.3 Å². The Kier molecular flexibility index (Phi) is 3.66. The minimum atomic E-state index is -0.663. The number of nitrogens with two attached hydrogens (primary N) is 2. The first kappa shape index (κ1) is 17.1. The smallest absolute Gasteiger partial charge is 0.350 e. The minimum absolute atomic E-state index is 0.0188. The van der Waals surface area contributed by atoms with E-state index in [0.29, 0.717) is 41.1 Å². The quantitative estimate of drug-likeness (QED) is 0.789. The summed E-state index contributed by atoms with van der Waals surface area (Å²) in [4.78, 5) is 27.0. The summed E-state index contributed by atoms with van der Waals surface area (Å²) in [5.41, 5.74) is 6.18. The molecule has 1 saturated carbocycles. The Morgan fingerprint density at radius 2 is 2.04 bits per heavy atom. The summed E-state index contributed by atoms with van der Waals surface area (Å²) in [6.07, 6.45) is 2.59. The molecular weight excluding hydrogens is 337 g/mol. The van der Waals surface area contributed by atoms with Crippen LogP contribution in [0.25, 0.3) is 10.9 Å². The zero-order chi connectivity index (χ0) is 18.8. The maximum absolute atomic E-state index is 15.0. The van der Waals surface area contributed by atoms with E-state index in [0.717, 1.165) is 19.3 Å². The summed E-state index contributed by atoms with van der Waals surface area (Å²) >= 11 is 0. The summed E-state index contributed by atoms with van der Waals surface area (Å²) in [7, 11) is 0. The lowest BCUT2D eigenvalue weighted by molar-refractivity contribution is 0.383. The monoisotopic (exact) mass is 361 g/mol. The second-order valence-corrected chi connectivity index (χ2v) is 7.97. The predicted molar refractivity (Wildman–Crippen MR) is 99.6 cm³/mol. The van der Waals surface area contributed by atoms with Crippen LogP contribution in [0.2, 0.25) is 0 Å². The summed E-state index contributed by atoms with van der Waals surface area (Å²) in [6, 6.07) is 1.24. The number of hydrogen-bond acceptors (Lipinski definition) is 5. The highest BCUT2D eigenvalue weighted by atomic mass is 19.1. The molecule has 2 fully saturated rings. The Hall–Kier alpha value is -2.35. The number of anilines is 1. The van der Waals surface area contributed by atoms with Crippen LogP contribution in [0.4, 0.5) is 10.1 Å². The van der Waals surface area contributed by atoms with Crippen LogP contribution in [-0.4, -0.2) is 28.9 Å². The van der Waals surface area contributed by atoms with Crippen molar-refractivity contribution in [2.75, 3.05) is 30.4 Å². The molecule has 1 aliphatic carbocycles. The van der Waals surface area contributed by atoms with Gasteiger partial charge < -0.3 is 16.5 Å². The van der Waals surface area contributed by atoms with Gasteiger partial charge in [-0.25, -0.2) is 9.18 Å². The molecule has 4 N–H and O–H groups in total. The van der Waals surface area contributed by atoms with Crippen molar-refractivity contribution >= 4 is 16.6 Å². The van der Waals surface area contributed by atoms with Gasteiger partial charge in [-0.15, -0.1) is 0 Å². The maximum atomic E-state index is 15.0. The lowest BCUT2D eigenvalue weighted by Gasteiger charge is -2.26. The van der Waals surface area contributed by atoms with Crippen molar-refractivity contribution in [2.45, 2.75) is 39.2 Å². The first-order valence-electron chi connectivity index (χ1n) is 8.98. The van der Waals surface area contributed by atoms with Crippen LogP contribution in [0, 0.1) is 18.2 Å². The van der Waals surface area contributed by atoms with Crippen LogP contribution >= 0.6 is 0 Å². The summed E-state index contributed by atoms with van der Waals surface area (Å²) in [5, 5.41) is 0.151. The number of halogens is 1. The predicted octanol–water partition coefficient (Wildman–Crippen LogP) is 0.835. The number of nitrogens with zero attached hydrogens (tertiary/aromatic N) is 3. The molecule has 1 saturated heterocycles. The van der Waals surface area contributed by atoms with Crippen molar-refractivity contribution in [1.82, 2.24) is 9.24 Å². The van der Waals surface area contributed by atoms with E-state index in [-0.39, 0.29) is 16.8 Å². The molecule has 1 aromatic carbocycles. The Morgan fingerprint density at radius 3 is 2.62 bits per heavy atom. The zero-order valence-corrected chi connectivity index (χ0v) is 15.1. The highest BCUT2D eigenvalue weighted by molar-refractivity contribution is 5.87. The maximum Gasteiger partial charge on any atom is 0.350 e. The fourth-order valence-electron chi connectivity index (χ4n) is 4.10. The van der Waals surface area contributed by atoms with Gasteiger partial charge in [-0.2, -0.15) is 4.68 Å². The molecule has 2 aliphatic rings. The summed E-state index contributed by atoms with van der Waals surface area (Å²) in [5.74, 6) is 5.19. The number of rotatable bonds is 3. The van der Waals surface area contributed by atoms with Crippen molar-refractivity contribution in [3.05, 3.63) is 38.3 Å². The number of aromatic nitrogens is 2. The van der Waals surface area contributed by atoms with E-state index in [1.807, 2.05) is 4.90 Å². The van der Waals surface area contributed by atoms with Gasteiger partial charge in [0, 0.05) is 24.7 Å². The number of benzene rings is 1. The molecule has 2 heterocycles. The molecule has 0 radical (unpaired) electrons. The van der Waals surface area contributed by atoms with E-state index in [9.17, 15) is 14.0 Å². The third-order valence-electron chi connectivity index (χ3n) is 5.84. The van der Waals surface area contributed by atoms with Crippen molar-refractivity contribution in [3.8, 4) is 0 Å². The third-order valence-corrected chi connectivity index (χ3v) is 5.84. The summed E-state index contributed by atoms with van der Waals surface area (Å²) in [6.45, 7) is 5.74. The minimum Gasteiger partial charge on any atom is -0.368 e. The lowest BCUT2D eigenvalue weighted by atomic mass is 9.90. The second-order valence-electron chi connectivity index (χ2n) is 7.97. The third kappa shape index (κ3) is 2.35. The fourth-order valence-corrected chi connectivity index (χ4v) is 4.10. The number of aryl methyl sites for hydroxylation is 1. The van der Waals surface area contributed by atoms with Crippen molar-refractivity contribution < 1.29 is 4.39 Å². The molecule has 1 unspecified atom stereocenters. The molecule has 1 atom stereocenters. The van der Waals surface area contributed by atoms with Crippen molar-refractivity contribution in [2.24, 2.45) is 11.1 Å². The Labute approximate surface area is 150 Å². The number of hydrogen-bond donors (Lipinski definition) is 2. The van der Waals surface area contributed by atoms with E-state index >= 15 is 0 Å². The first-order chi connectivity index (χ1) is 12.3. The average Bonchev–Trinajstić information content (AvgIpc) is 3.37. The molecule has 0 amide bonds. The molecular formula is C18H24FN5O2. The molecule has 0 spiro atoms. The van der Waals surface area contributed by atoms with Gasteiger partial charge in [0.05, 0.1) is 16.6 Å². The van der Waals surface area contributed by atoms with Crippen molar-refractivity contribution in [1.29, 1.82) is 0 Å². The highest BCUT2D eigenvalue weighted by Gasteiger charge is 2.36. The van der Waals surface area contributed by atoms with Gasteiger partial charge in [-0.3, -0.25) is 9.36 Å². The van der Waals surface area contributed by atoms with E-state index in [4.69, 9.17) is 11.6 Å². The van der Waals surface area contributed by atoms with E-state index in [1.165, 1.54) is 6.07 Å². The van der Waals surface area contributed by atoms with Gasteiger partial charge in [0.25, 0.3) is 5.56 Å². The largest absolute Gasteiger partial charge is 0.368 e. The zero-order valence-electron chi connectivity index (χ0n) is 15.1. The normalized spacial score (nSPS) is 23.2. The van der Waals surface area contributed by atoms with Gasteiger partial charge in [0.1, 0.15) is 5.82 Å². The molecule has 1 aliphatic heterocycles. The van der Waals surface area contributed by atoms with E-state index in [2.05, 4.69) is 6.92 Å². The van der Waals surface area contributed by atoms with E-state index < -0.39 is 17.1 Å². The lowest BCUT2D eigenvalue weighted by Crippen LogP contribution is -2.44. The summed E-state index contributed by atoms with van der Waals surface area (Å²) < 4.78 is 17.1. The molecule has 8 heteroatoms. The Balaban J connectivity index is 2.00. The van der Waals surface area contributed by atoms with Gasteiger partial charge >= 0.3 is 5.69 Å². The molecule has 140 valence electrons. The van der Waals surface area contributed by atoms with E-state index in [1.54, 1.807) is 11.5 Å². The molecule has 7 nitrogen and oxygen atoms in total.